The van der Waals surface area contributed by atoms with Gasteiger partial charge in [-0.2, -0.15) is 15.4 Å². The second-order valence-corrected chi connectivity index (χ2v) is 12.4. The molecule has 2 aliphatic heterocycles. The van der Waals surface area contributed by atoms with Gasteiger partial charge < -0.3 is 0 Å². The maximum Gasteiger partial charge on any atom is 0.292 e. The summed E-state index contributed by atoms with van der Waals surface area (Å²) < 4.78 is 0. The third-order valence-corrected chi connectivity index (χ3v) is 10.0. The van der Waals surface area contributed by atoms with Crippen LogP contribution in [0.5, 0.6) is 0 Å². The number of nitrogens with zero attached hydrogens (tertiary/aromatic N) is 4. The molecule has 2 N–H and O–H groups in total. The second kappa shape index (κ2) is 11.1. The Labute approximate surface area is 273 Å². The molecule has 4 aromatic rings. The fourth-order valence-corrected chi connectivity index (χ4v) is 8.12. The van der Waals surface area contributed by atoms with Gasteiger partial charge >= 0.3 is 0 Å². The predicted octanol–water partition coefficient (Wildman–Crippen LogP) is 4.85. The molecule has 11 heteroatoms. The summed E-state index contributed by atoms with van der Waals surface area (Å²) in [6.07, 6.45) is 0. The number of carbonyl (C=O) groups is 4. The summed E-state index contributed by atoms with van der Waals surface area (Å²) in [5, 5.41) is 14.9. The van der Waals surface area contributed by atoms with Crippen molar-refractivity contribution in [3.63, 3.8) is 0 Å². The molecule has 0 aromatic heterocycles. The summed E-state index contributed by atoms with van der Waals surface area (Å²) in [5.41, 5.74) is 9.90. The molecule has 2 saturated heterocycles. The van der Waals surface area contributed by atoms with E-state index in [2.05, 4.69) is 16.0 Å². The number of thioether (sulfide) groups is 1. The fraction of sp³-hybridized carbons (Fsp3) is 0.111. The van der Waals surface area contributed by atoms with Crippen LogP contribution in [-0.2, 0) is 19.2 Å². The van der Waals surface area contributed by atoms with Crippen LogP contribution in [0.4, 0.5) is 11.4 Å². The summed E-state index contributed by atoms with van der Waals surface area (Å²) in [6, 6.07) is 35.2. The molecule has 0 spiro atoms. The van der Waals surface area contributed by atoms with E-state index < -0.39 is 46.2 Å². The van der Waals surface area contributed by atoms with Crippen molar-refractivity contribution in [1.82, 2.24) is 10.4 Å². The van der Waals surface area contributed by atoms with E-state index in [9.17, 15) is 24.4 Å². The van der Waals surface area contributed by atoms with Crippen LogP contribution in [0.3, 0.4) is 0 Å². The number of benzene rings is 4. The number of hydrazone groups is 1. The van der Waals surface area contributed by atoms with Crippen molar-refractivity contribution >= 4 is 51.8 Å². The zero-order chi connectivity index (χ0) is 32.2. The largest absolute Gasteiger partial charge is 0.292 e. The van der Waals surface area contributed by atoms with E-state index >= 15 is 0 Å². The normalized spacial score (nSPS) is 24.2. The van der Waals surface area contributed by atoms with Crippen LogP contribution in [0.25, 0.3) is 0 Å². The summed E-state index contributed by atoms with van der Waals surface area (Å²) >= 11 is 0.657. The van der Waals surface area contributed by atoms with Crippen LogP contribution in [0.1, 0.15) is 34.1 Å². The highest BCUT2D eigenvalue weighted by Gasteiger charge is 2.59. The van der Waals surface area contributed by atoms with Crippen molar-refractivity contribution in [3.05, 3.63) is 142 Å². The number of hydrogen-bond acceptors (Lipinski definition) is 8. The first-order valence-electron chi connectivity index (χ1n) is 14.9. The topological polar surface area (TPSA) is 135 Å². The Bertz CT molecular complexity index is 2060. The van der Waals surface area contributed by atoms with Crippen LogP contribution in [0.2, 0.25) is 0 Å². The number of nitriles is 1. The number of imide groups is 1. The monoisotopic (exact) mass is 636 g/mol. The van der Waals surface area contributed by atoms with Crippen molar-refractivity contribution in [1.29, 1.82) is 5.26 Å². The maximum atomic E-state index is 14.4. The molecular weight excluding hydrogens is 613 g/mol. The quantitative estimate of drug-likeness (QED) is 0.185. The minimum Gasteiger partial charge on any atom is -0.282 e. The van der Waals surface area contributed by atoms with Gasteiger partial charge in [0, 0.05) is 17.5 Å². The Kier molecular flexibility index (Phi) is 6.74. The van der Waals surface area contributed by atoms with Gasteiger partial charge in [0.25, 0.3) is 16.9 Å². The van der Waals surface area contributed by atoms with Gasteiger partial charge in [-0.25, -0.2) is 0 Å². The number of amidine groups is 1. The molecule has 228 valence electrons. The first kappa shape index (κ1) is 28.5. The number of hydrogen-bond donors (Lipinski definition) is 2. The summed E-state index contributed by atoms with van der Waals surface area (Å²) in [6.45, 7) is 0. The molecule has 3 amide bonds. The third-order valence-electron chi connectivity index (χ3n) is 9.08. The molecule has 4 aromatic carbocycles. The van der Waals surface area contributed by atoms with Gasteiger partial charge in [-0.3, -0.25) is 34.9 Å². The molecule has 9 rings (SSSR count). The van der Waals surface area contributed by atoms with Gasteiger partial charge in [-0.05, 0) is 58.3 Å². The average molecular weight is 637 g/mol. The number of amides is 3. The molecule has 0 saturated carbocycles. The average Bonchev–Trinajstić information content (AvgIpc) is 3.44. The predicted molar refractivity (Wildman–Crippen MR) is 175 cm³/mol. The zero-order valence-electron chi connectivity index (χ0n) is 24.5. The van der Waals surface area contributed by atoms with Crippen LogP contribution < -0.4 is 15.8 Å². The van der Waals surface area contributed by atoms with Gasteiger partial charge in [0.2, 0.25) is 11.7 Å². The number of anilines is 2. The first-order chi connectivity index (χ1) is 23.0. The lowest BCUT2D eigenvalue weighted by Gasteiger charge is -2.52. The van der Waals surface area contributed by atoms with E-state index in [1.54, 1.807) is 42.5 Å². The van der Waals surface area contributed by atoms with Crippen LogP contribution in [0.15, 0.2) is 125 Å². The Hall–Kier alpha value is -5.99. The summed E-state index contributed by atoms with van der Waals surface area (Å²) in [7, 11) is 0. The molecule has 2 atom stereocenters. The summed E-state index contributed by atoms with van der Waals surface area (Å²) in [5.74, 6) is -4.57. The van der Waals surface area contributed by atoms with E-state index in [1.807, 2.05) is 72.8 Å². The molecule has 5 aliphatic rings. The van der Waals surface area contributed by atoms with Crippen LogP contribution in [0, 0.1) is 23.2 Å². The van der Waals surface area contributed by atoms with Gasteiger partial charge in [0.1, 0.15) is 11.1 Å². The molecule has 10 nitrogen and oxygen atoms in total. The van der Waals surface area contributed by atoms with Gasteiger partial charge in [-0.15, -0.1) is 0 Å². The maximum absolute atomic E-state index is 14.4. The molecule has 0 radical (unpaired) electrons. The number of hydrazine groups is 1. The van der Waals surface area contributed by atoms with Crippen molar-refractivity contribution in [2.75, 3.05) is 10.3 Å². The van der Waals surface area contributed by atoms with Crippen molar-refractivity contribution in [2.45, 2.75) is 11.8 Å². The van der Waals surface area contributed by atoms with Crippen molar-refractivity contribution < 1.29 is 19.2 Å². The second-order valence-electron chi connectivity index (χ2n) is 11.5. The van der Waals surface area contributed by atoms with E-state index in [0.29, 0.717) is 28.1 Å². The highest BCUT2D eigenvalue weighted by Crippen LogP contribution is 2.59. The van der Waals surface area contributed by atoms with Gasteiger partial charge in [0.15, 0.2) is 5.57 Å². The van der Waals surface area contributed by atoms with E-state index in [4.69, 9.17) is 0 Å². The lowest BCUT2D eigenvalue weighted by Crippen LogP contribution is -2.65. The Balaban J connectivity index is 1.20. The van der Waals surface area contributed by atoms with E-state index in [-0.39, 0.29) is 16.8 Å². The molecular formula is C36H24N6O4S. The third kappa shape index (κ3) is 4.37. The zero-order valence-corrected chi connectivity index (χ0v) is 25.3. The fourth-order valence-electron chi connectivity index (χ4n) is 7.20. The number of rotatable bonds is 4. The molecule has 2 unspecified atom stereocenters. The number of nitrogens with one attached hydrogen (secondary N) is 2. The Morgan fingerprint density at radius 3 is 1.87 bits per heavy atom. The van der Waals surface area contributed by atoms with E-state index in [1.165, 1.54) is 4.90 Å². The van der Waals surface area contributed by atoms with Crippen LogP contribution in [-0.4, -0.2) is 33.7 Å². The summed E-state index contributed by atoms with van der Waals surface area (Å²) in [4.78, 5) is 57.3. The number of para-hydroxylation sites is 2. The highest BCUT2D eigenvalue weighted by atomic mass is 32.2. The van der Waals surface area contributed by atoms with Gasteiger partial charge in [-0.1, -0.05) is 84.9 Å². The Morgan fingerprint density at radius 1 is 0.766 bits per heavy atom. The minimum absolute atomic E-state index is 0.0210. The molecule has 2 fully saturated rings. The van der Waals surface area contributed by atoms with Gasteiger partial charge in [0.05, 0.1) is 17.5 Å². The van der Waals surface area contributed by atoms with Crippen molar-refractivity contribution in [3.8, 4) is 6.07 Å². The Morgan fingerprint density at radius 2 is 1.30 bits per heavy atom. The van der Waals surface area contributed by atoms with Crippen molar-refractivity contribution in [2.24, 2.45) is 16.9 Å². The SMILES string of the molecule is N#C/C(C(=O)N1NC(=O)C2C3c4ccccc4C(c4ccccc43)C2C1=O)=C1\SC(=O)/C(=N/Nc2ccccc2)N1c1ccccc1. The van der Waals surface area contributed by atoms with E-state index in [0.717, 1.165) is 22.3 Å². The molecule has 3 aliphatic carbocycles. The molecule has 47 heavy (non-hydrogen) atoms. The van der Waals surface area contributed by atoms with Crippen LogP contribution >= 0.6 is 11.8 Å². The molecule has 2 heterocycles. The first-order valence-corrected chi connectivity index (χ1v) is 15.8. The number of carbonyl (C=O) groups excluding carboxylic acids is 4. The minimum atomic E-state index is -1.03. The lowest BCUT2D eigenvalue weighted by molar-refractivity contribution is -0.165. The smallest absolute Gasteiger partial charge is 0.282 e. The molecule has 2 bridgehead atoms. The lowest BCUT2D eigenvalue weighted by atomic mass is 9.53. The highest BCUT2D eigenvalue weighted by molar-refractivity contribution is 8.19. The standard InChI is InChI=1S/C36H24N6O4S/c37-19-26(35-41(21-13-5-2-6-14-21)31(36(46)47-35)39-38-20-11-3-1-4-12-20)33(44)42-34(45)30-28-24-17-9-7-15-22(24)27(29(30)32(43)40-42)23-16-8-10-18-25(23)28/h1-18,27-30,38H,(H,40,43)/b35-26+,39-31-.